The zero-order valence-electron chi connectivity index (χ0n) is 11.6. The normalized spacial score (nSPS) is 26.5. The van der Waals surface area contributed by atoms with Crippen molar-refractivity contribution in [2.24, 2.45) is 11.1 Å². The van der Waals surface area contributed by atoms with E-state index in [2.05, 4.69) is 11.8 Å². The second-order valence-corrected chi connectivity index (χ2v) is 6.27. The van der Waals surface area contributed by atoms with Gasteiger partial charge in [0.15, 0.2) is 0 Å². The molecule has 0 aromatic rings. The van der Waals surface area contributed by atoms with Crippen LogP contribution in [-0.4, -0.2) is 30.6 Å². The molecule has 100 valence electrons. The quantitative estimate of drug-likeness (QED) is 0.797. The summed E-state index contributed by atoms with van der Waals surface area (Å²) in [6, 6.07) is 0.661. The lowest BCUT2D eigenvalue weighted by Gasteiger charge is -2.42. The van der Waals surface area contributed by atoms with Crippen molar-refractivity contribution in [1.29, 1.82) is 0 Å². The van der Waals surface area contributed by atoms with Crippen molar-refractivity contribution >= 4 is 0 Å². The van der Waals surface area contributed by atoms with E-state index in [0.717, 1.165) is 12.0 Å². The molecule has 2 aliphatic rings. The van der Waals surface area contributed by atoms with Gasteiger partial charge >= 0.3 is 0 Å². The lowest BCUT2D eigenvalue weighted by atomic mass is 9.76. The van der Waals surface area contributed by atoms with E-state index in [1.54, 1.807) is 0 Å². The monoisotopic (exact) mass is 238 g/mol. The van der Waals surface area contributed by atoms with Crippen molar-refractivity contribution in [2.75, 3.05) is 19.6 Å². The fraction of sp³-hybridized carbons (Fsp3) is 1.00. The van der Waals surface area contributed by atoms with Gasteiger partial charge in [0.2, 0.25) is 0 Å². The van der Waals surface area contributed by atoms with Crippen molar-refractivity contribution < 1.29 is 0 Å². The number of hydrogen-bond acceptors (Lipinski definition) is 2. The zero-order valence-corrected chi connectivity index (χ0v) is 11.6. The summed E-state index contributed by atoms with van der Waals surface area (Å²) >= 11 is 0. The van der Waals surface area contributed by atoms with Gasteiger partial charge in [0, 0.05) is 12.6 Å². The molecule has 0 aromatic carbocycles. The number of unbranched alkanes of at least 4 members (excludes halogenated alkanes) is 1. The Hall–Kier alpha value is -0.0800. The van der Waals surface area contributed by atoms with Crippen LogP contribution in [0.25, 0.3) is 0 Å². The summed E-state index contributed by atoms with van der Waals surface area (Å²) in [5.74, 6) is 0. The van der Waals surface area contributed by atoms with E-state index in [1.165, 1.54) is 70.9 Å². The third-order valence-electron chi connectivity index (χ3n) is 5.20. The number of nitrogens with zero attached hydrogens (tertiary/aromatic N) is 1. The molecule has 2 nitrogen and oxygen atoms in total. The Bertz CT molecular complexity index is 211. The minimum Gasteiger partial charge on any atom is -0.329 e. The maximum absolute atomic E-state index is 5.95. The maximum atomic E-state index is 5.95. The van der Waals surface area contributed by atoms with E-state index in [-0.39, 0.29) is 0 Å². The van der Waals surface area contributed by atoms with Crippen LogP contribution in [0.5, 0.6) is 0 Å². The Morgan fingerprint density at radius 1 is 1.12 bits per heavy atom. The second kappa shape index (κ2) is 6.19. The summed E-state index contributed by atoms with van der Waals surface area (Å²) < 4.78 is 0. The van der Waals surface area contributed by atoms with Gasteiger partial charge in [0.1, 0.15) is 0 Å². The molecule has 0 aromatic heterocycles. The van der Waals surface area contributed by atoms with E-state index in [1.807, 2.05) is 0 Å². The van der Waals surface area contributed by atoms with E-state index in [4.69, 9.17) is 5.73 Å². The first-order valence-electron chi connectivity index (χ1n) is 7.74. The summed E-state index contributed by atoms with van der Waals surface area (Å²) in [4.78, 5) is 2.68. The highest BCUT2D eigenvalue weighted by Crippen LogP contribution is 2.46. The van der Waals surface area contributed by atoms with E-state index < -0.39 is 0 Å². The van der Waals surface area contributed by atoms with Crippen LogP contribution in [0, 0.1) is 5.41 Å². The Morgan fingerprint density at radius 3 is 2.29 bits per heavy atom. The minimum atomic E-state index is 0.661. The molecule has 0 bridgehead atoms. The molecule has 2 N–H and O–H groups in total. The highest BCUT2D eigenvalue weighted by molar-refractivity contribution is 4.91. The van der Waals surface area contributed by atoms with Crippen molar-refractivity contribution in [3.8, 4) is 0 Å². The van der Waals surface area contributed by atoms with Crippen LogP contribution in [0.4, 0.5) is 0 Å². The summed E-state index contributed by atoms with van der Waals surface area (Å²) in [6.45, 7) is 5.75. The predicted molar refractivity (Wildman–Crippen MR) is 74.1 cm³/mol. The predicted octanol–water partition coefficient (Wildman–Crippen LogP) is 3.16. The van der Waals surface area contributed by atoms with E-state index >= 15 is 0 Å². The Morgan fingerprint density at radius 2 is 1.76 bits per heavy atom. The average Bonchev–Trinajstić information content (AvgIpc) is 2.81. The lowest BCUT2D eigenvalue weighted by Crippen LogP contribution is -2.47. The van der Waals surface area contributed by atoms with Gasteiger partial charge in [-0.25, -0.2) is 0 Å². The van der Waals surface area contributed by atoms with Crippen molar-refractivity contribution in [3.63, 3.8) is 0 Å². The van der Waals surface area contributed by atoms with Crippen LogP contribution >= 0.6 is 0 Å². The van der Waals surface area contributed by atoms with E-state index in [0.29, 0.717) is 6.04 Å². The molecule has 1 spiro atoms. The summed E-state index contributed by atoms with van der Waals surface area (Å²) in [7, 11) is 0. The molecule has 2 heteroatoms. The first-order valence-corrected chi connectivity index (χ1v) is 7.74. The molecule has 1 aliphatic heterocycles. The van der Waals surface area contributed by atoms with Gasteiger partial charge in [-0.2, -0.15) is 0 Å². The minimum absolute atomic E-state index is 0.661. The van der Waals surface area contributed by atoms with Gasteiger partial charge in [-0.05, 0) is 50.6 Å². The van der Waals surface area contributed by atoms with Gasteiger partial charge in [-0.3, -0.25) is 4.90 Å². The highest BCUT2D eigenvalue weighted by atomic mass is 15.2. The van der Waals surface area contributed by atoms with Crippen molar-refractivity contribution in [2.45, 2.75) is 70.8 Å². The number of nitrogens with two attached hydrogens (primary N) is 1. The van der Waals surface area contributed by atoms with Crippen LogP contribution in [-0.2, 0) is 0 Å². The first-order chi connectivity index (χ1) is 8.29. The van der Waals surface area contributed by atoms with Crippen LogP contribution in [0.1, 0.15) is 64.7 Å². The number of hydrogen-bond donors (Lipinski definition) is 1. The fourth-order valence-corrected chi connectivity index (χ4v) is 3.88. The van der Waals surface area contributed by atoms with Gasteiger partial charge in [-0.15, -0.1) is 0 Å². The van der Waals surface area contributed by atoms with Crippen molar-refractivity contribution in [1.82, 2.24) is 4.90 Å². The summed E-state index contributed by atoms with van der Waals surface area (Å²) in [5.41, 5.74) is 6.70. The van der Waals surface area contributed by atoms with Crippen LogP contribution < -0.4 is 5.73 Å². The van der Waals surface area contributed by atoms with Crippen LogP contribution in [0.3, 0.4) is 0 Å². The molecule has 1 saturated carbocycles. The maximum Gasteiger partial charge on any atom is 0.0218 e. The Balaban J connectivity index is 1.80. The number of piperidine rings is 1. The SMILES string of the molecule is CCCCC(CN)N1CCC2(CCCC2)CC1. The topological polar surface area (TPSA) is 29.3 Å². The largest absolute Gasteiger partial charge is 0.329 e. The molecular formula is C15H30N2. The molecule has 0 amide bonds. The molecule has 0 radical (unpaired) electrons. The highest BCUT2D eigenvalue weighted by Gasteiger charge is 2.37. The molecule has 1 atom stereocenters. The molecule has 17 heavy (non-hydrogen) atoms. The zero-order chi connectivity index (χ0) is 12.1. The third-order valence-corrected chi connectivity index (χ3v) is 5.20. The number of likely N-dealkylation sites (tertiary alicyclic amines) is 1. The summed E-state index contributed by atoms with van der Waals surface area (Å²) in [5, 5.41) is 0. The fourth-order valence-electron chi connectivity index (χ4n) is 3.88. The van der Waals surface area contributed by atoms with Gasteiger partial charge < -0.3 is 5.73 Å². The van der Waals surface area contributed by atoms with Gasteiger partial charge in [-0.1, -0.05) is 32.6 Å². The summed E-state index contributed by atoms with van der Waals surface area (Å²) in [6.07, 6.45) is 12.8. The smallest absolute Gasteiger partial charge is 0.0218 e. The van der Waals surface area contributed by atoms with Gasteiger partial charge in [0.05, 0.1) is 0 Å². The average molecular weight is 238 g/mol. The third kappa shape index (κ3) is 3.23. The second-order valence-electron chi connectivity index (χ2n) is 6.27. The Labute approximate surface area is 107 Å². The van der Waals surface area contributed by atoms with Gasteiger partial charge in [0.25, 0.3) is 0 Å². The first kappa shape index (κ1) is 13.4. The molecule has 1 saturated heterocycles. The molecule has 2 fully saturated rings. The number of rotatable bonds is 5. The molecule has 2 rings (SSSR count). The van der Waals surface area contributed by atoms with Crippen molar-refractivity contribution in [3.05, 3.63) is 0 Å². The molecule has 1 heterocycles. The molecular weight excluding hydrogens is 208 g/mol. The Kier molecular flexibility index (Phi) is 4.87. The molecule has 1 aliphatic carbocycles. The lowest BCUT2D eigenvalue weighted by molar-refractivity contribution is 0.0744. The van der Waals surface area contributed by atoms with E-state index in [9.17, 15) is 0 Å². The van der Waals surface area contributed by atoms with Crippen LogP contribution in [0.2, 0.25) is 0 Å². The standard InChI is InChI=1S/C15H30N2/c1-2-3-6-14(13-16)17-11-9-15(10-12-17)7-4-5-8-15/h14H,2-13,16H2,1H3. The molecule has 1 unspecified atom stereocenters. The van der Waals surface area contributed by atoms with Crippen LogP contribution in [0.15, 0.2) is 0 Å².